The molecule has 8 nitrogen and oxygen atoms in total. The molecular weight excluding hydrogens is 364 g/mol. The Morgan fingerprint density at radius 3 is 2.44 bits per heavy atom. The molecule has 27 heavy (non-hydrogen) atoms. The summed E-state index contributed by atoms with van der Waals surface area (Å²) < 4.78 is 0. The van der Waals surface area contributed by atoms with Crippen LogP contribution in [0.25, 0.3) is 11.4 Å². The van der Waals surface area contributed by atoms with E-state index in [1.54, 1.807) is 0 Å². The lowest BCUT2D eigenvalue weighted by atomic mass is 10.2. The molecule has 3 aromatic rings. The van der Waals surface area contributed by atoms with Gasteiger partial charge in [-0.2, -0.15) is 4.80 Å². The van der Waals surface area contributed by atoms with E-state index in [4.69, 9.17) is 0 Å². The van der Waals surface area contributed by atoms with Crippen LogP contribution in [0.15, 0.2) is 59.5 Å². The Hall–Kier alpha value is -3.20. The van der Waals surface area contributed by atoms with Gasteiger partial charge in [-0.05, 0) is 24.3 Å². The summed E-state index contributed by atoms with van der Waals surface area (Å²) in [6, 6.07) is 17.2. The number of benzene rings is 2. The SMILES string of the molecule is Cc1ccc(SCC(=O)NNC(=O)Cn2nnc(-c3ccccc3)n2)cc1. The molecule has 1 heterocycles. The lowest BCUT2D eigenvalue weighted by Crippen LogP contribution is -2.44. The maximum atomic E-state index is 11.9. The third-order valence-corrected chi connectivity index (χ3v) is 4.51. The highest BCUT2D eigenvalue weighted by atomic mass is 32.2. The van der Waals surface area contributed by atoms with Crippen molar-refractivity contribution in [1.82, 2.24) is 31.1 Å². The van der Waals surface area contributed by atoms with E-state index in [0.717, 1.165) is 16.0 Å². The van der Waals surface area contributed by atoms with Crippen LogP contribution < -0.4 is 10.9 Å². The van der Waals surface area contributed by atoms with Gasteiger partial charge in [-0.15, -0.1) is 22.0 Å². The predicted molar refractivity (Wildman–Crippen MR) is 101 cm³/mol. The number of tetrazole rings is 1. The second-order valence-electron chi connectivity index (χ2n) is 5.71. The highest BCUT2D eigenvalue weighted by Gasteiger charge is 2.10. The molecule has 0 bridgehead atoms. The van der Waals surface area contributed by atoms with E-state index in [2.05, 4.69) is 26.3 Å². The number of carbonyl (C=O) groups is 2. The molecule has 0 aliphatic rings. The monoisotopic (exact) mass is 382 g/mol. The summed E-state index contributed by atoms with van der Waals surface area (Å²) in [6.45, 7) is 1.86. The molecule has 138 valence electrons. The summed E-state index contributed by atoms with van der Waals surface area (Å²) >= 11 is 1.39. The van der Waals surface area contributed by atoms with Gasteiger partial charge in [0.15, 0.2) is 0 Å². The van der Waals surface area contributed by atoms with E-state index >= 15 is 0 Å². The Morgan fingerprint density at radius 1 is 1.00 bits per heavy atom. The number of rotatable bonds is 6. The average Bonchev–Trinajstić information content (AvgIpc) is 3.15. The van der Waals surface area contributed by atoms with Gasteiger partial charge in [-0.3, -0.25) is 20.4 Å². The van der Waals surface area contributed by atoms with E-state index in [-0.39, 0.29) is 18.2 Å². The molecule has 0 aliphatic carbocycles. The van der Waals surface area contributed by atoms with Gasteiger partial charge in [-0.1, -0.05) is 48.0 Å². The van der Waals surface area contributed by atoms with Crippen LogP contribution in [0, 0.1) is 6.92 Å². The fraction of sp³-hybridized carbons (Fsp3) is 0.167. The summed E-state index contributed by atoms with van der Waals surface area (Å²) in [5.41, 5.74) is 6.69. The van der Waals surface area contributed by atoms with Crippen LogP contribution in [0.2, 0.25) is 0 Å². The van der Waals surface area contributed by atoms with Crippen molar-refractivity contribution in [2.45, 2.75) is 18.4 Å². The summed E-state index contributed by atoms with van der Waals surface area (Å²) in [5.74, 6) is -0.114. The molecule has 0 atom stereocenters. The standard InChI is InChI=1S/C18H18N6O2S/c1-13-7-9-15(10-8-13)27-12-17(26)20-19-16(25)11-24-22-18(21-23-24)14-5-3-2-4-6-14/h2-10H,11-12H2,1H3,(H,19,25)(H,20,26). The maximum absolute atomic E-state index is 11.9. The number of aromatic nitrogens is 4. The molecule has 1 aromatic heterocycles. The maximum Gasteiger partial charge on any atom is 0.262 e. The van der Waals surface area contributed by atoms with Crippen LogP contribution in [0.1, 0.15) is 5.56 Å². The Bertz CT molecular complexity index is 911. The van der Waals surface area contributed by atoms with E-state index in [1.165, 1.54) is 16.6 Å². The summed E-state index contributed by atoms with van der Waals surface area (Å²) in [5, 5.41) is 11.9. The van der Waals surface area contributed by atoms with Gasteiger partial charge in [0.1, 0.15) is 6.54 Å². The highest BCUT2D eigenvalue weighted by molar-refractivity contribution is 8.00. The quantitative estimate of drug-likeness (QED) is 0.496. The van der Waals surface area contributed by atoms with Gasteiger partial charge < -0.3 is 0 Å². The van der Waals surface area contributed by atoms with Gasteiger partial charge in [0.2, 0.25) is 11.7 Å². The minimum absolute atomic E-state index is 0.148. The smallest absolute Gasteiger partial charge is 0.262 e. The molecule has 2 aromatic carbocycles. The van der Waals surface area contributed by atoms with Crippen LogP contribution in [0.5, 0.6) is 0 Å². The Labute approximate surface area is 160 Å². The molecule has 9 heteroatoms. The van der Waals surface area contributed by atoms with Crippen molar-refractivity contribution in [1.29, 1.82) is 0 Å². The number of carbonyl (C=O) groups excluding carboxylic acids is 2. The van der Waals surface area contributed by atoms with Crippen molar-refractivity contribution in [2.24, 2.45) is 0 Å². The minimum Gasteiger partial charge on any atom is -0.272 e. The third kappa shape index (κ3) is 5.65. The molecule has 0 radical (unpaired) electrons. The van der Waals surface area contributed by atoms with Gasteiger partial charge in [0.25, 0.3) is 5.91 Å². The number of nitrogens with one attached hydrogen (secondary N) is 2. The fourth-order valence-electron chi connectivity index (χ4n) is 2.14. The molecule has 0 unspecified atom stereocenters. The number of nitrogens with zero attached hydrogens (tertiary/aromatic N) is 4. The molecule has 0 spiro atoms. The molecular formula is C18H18N6O2S. The Kier molecular flexibility index (Phi) is 6.16. The molecule has 0 saturated heterocycles. The fourth-order valence-corrected chi connectivity index (χ4v) is 2.84. The topological polar surface area (TPSA) is 102 Å². The van der Waals surface area contributed by atoms with Crippen molar-refractivity contribution in [3.8, 4) is 11.4 Å². The largest absolute Gasteiger partial charge is 0.272 e. The second kappa shape index (κ2) is 8.95. The number of hydrogen-bond donors (Lipinski definition) is 2. The number of amides is 2. The number of aryl methyl sites for hydroxylation is 1. The Balaban J connectivity index is 1.42. The van der Waals surface area contributed by atoms with Crippen molar-refractivity contribution < 1.29 is 9.59 Å². The van der Waals surface area contributed by atoms with Gasteiger partial charge in [-0.25, -0.2) is 0 Å². The summed E-state index contributed by atoms with van der Waals surface area (Å²) in [6.07, 6.45) is 0. The molecule has 0 fully saturated rings. The van der Waals surface area contributed by atoms with Gasteiger partial charge >= 0.3 is 0 Å². The van der Waals surface area contributed by atoms with Crippen molar-refractivity contribution in [3.63, 3.8) is 0 Å². The number of hydrogen-bond acceptors (Lipinski definition) is 6. The molecule has 0 aliphatic heterocycles. The first kappa shape index (κ1) is 18.6. The van der Waals surface area contributed by atoms with E-state index in [9.17, 15) is 9.59 Å². The van der Waals surface area contributed by atoms with Crippen molar-refractivity contribution >= 4 is 23.6 Å². The van der Waals surface area contributed by atoms with Crippen LogP contribution in [-0.2, 0) is 16.1 Å². The lowest BCUT2D eigenvalue weighted by molar-refractivity contribution is -0.128. The zero-order chi connectivity index (χ0) is 19.1. The number of hydrazine groups is 1. The van der Waals surface area contributed by atoms with Gasteiger partial charge in [0, 0.05) is 10.5 Å². The zero-order valence-electron chi connectivity index (χ0n) is 14.6. The normalized spacial score (nSPS) is 10.4. The average molecular weight is 382 g/mol. The van der Waals surface area contributed by atoms with Crippen LogP contribution in [0.3, 0.4) is 0 Å². The minimum atomic E-state index is -0.444. The van der Waals surface area contributed by atoms with Crippen molar-refractivity contribution in [3.05, 3.63) is 60.2 Å². The summed E-state index contributed by atoms with van der Waals surface area (Å²) in [7, 11) is 0. The zero-order valence-corrected chi connectivity index (χ0v) is 15.4. The summed E-state index contributed by atoms with van der Waals surface area (Å²) in [4.78, 5) is 25.9. The van der Waals surface area contributed by atoms with Gasteiger partial charge in [0.05, 0.1) is 5.75 Å². The Morgan fingerprint density at radius 2 is 1.70 bits per heavy atom. The molecule has 3 rings (SSSR count). The van der Waals surface area contributed by atoms with Crippen molar-refractivity contribution in [2.75, 3.05) is 5.75 Å². The van der Waals surface area contributed by atoms with Crippen LogP contribution in [-0.4, -0.2) is 37.8 Å². The number of thioether (sulfide) groups is 1. The molecule has 2 N–H and O–H groups in total. The van der Waals surface area contributed by atoms with Crippen LogP contribution in [0.4, 0.5) is 0 Å². The second-order valence-corrected chi connectivity index (χ2v) is 6.76. The van der Waals surface area contributed by atoms with Crippen LogP contribution >= 0.6 is 11.8 Å². The molecule has 0 saturated carbocycles. The lowest BCUT2D eigenvalue weighted by Gasteiger charge is -2.07. The predicted octanol–water partition coefficient (Wildman–Crippen LogP) is 1.59. The first-order valence-corrected chi connectivity index (χ1v) is 9.19. The third-order valence-electron chi connectivity index (χ3n) is 3.50. The molecule has 2 amide bonds. The first-order valence-electron chi connectivity index (χ1n) is 8.20. The van der Waals surface area contributed by atoms with E-state index < -0.39 is 5.91 Å². The van der Waals surface area contributed by atoms with E-state index in [1.807, 2.05) is 61.5 Å². The highest BCUT2D eigenvalue weighted by Crippen LogP contribution is 2.17. The first-order chi connectivity index (χ1) is 13.1. The van der Waals surface area contributed by atoms with E-state index in [0.29, 0.717) is 5.82 Å².